The van der Waals surface area contributed by atoms with E-state index in [1.165, 1.54) is 12.1 Å². The average molecular weight is 443 g/mol. The third-order valence-electron chi connectivity index (χ3n) is 5.67. The van der Waals surface area contributed by atoms with E-state index in [2.05, 4.69) is 5.32 Å². The van der Waals surface area contributed by atoms with Crippen LogP contribution in [0.5, 0.6) is 11.5 Å². The number of hydrogen-bond acceptors (Lipinski definition) is 4. The molecule has 1 heterocycles. The zero-order valence-corrected chi connectivity index (χ0v) is 18.9. The molecule has 0 radical (unpaired) electrons. The summed E-state index contributed by atoms with van der Waals surface area (Å²) in [4.78, 5) is 27.5. The second-order valence-corrected chi connectivity index (χ2v) is 8.12. The predicted octanol–water partition coefficient (Wildman–Crippen LogP) is 3.86. The van der Waals surface area contributed by atoms with Gasteiger partial charge in [-0.05, 0) is 62.1 Å². The second kappa shape index (κ2) is 11.0. The van der Waals surface area contributed by atoms with Crippen molar-refractivity contribution in [1.29, 1.82) is 0 Å². The summed E-state index contributed by atoms with van der Waals surface area (Å²) in [7, 11) is 0. The lowest BCUT2D eigenvalue weighted by atomic mass is 10.1. The molecule has 0 bridgehead atoms. The van der Waals surface area contributed by atoms with Crippen molar-refractivity contribution in [3.05, 3.63) is 59.4 Å². The Hall–Kier alpha value is -3.09. The molecule has 0 saturated carbocycles. The van der Waals surface area contributed by atoms with Crippen LogP contribution in [0, 0.1) is 5.82 Å². The molecule has 2 atom stereocenters. The molecule has 3 rings (SSSR count). The van der Waals surface area contributed by atoms with E-state index < -0.39 is 6.04 Å². The van der Waals surface area contributed by atoms with Gasteiger partial charge in [0.05, 0.1) is 0 Å². The first-order chi connectivity index (χ1) is 15.4. The van der Waals surface area contributed by atoms with Gasteiger partial charge in [0, 0.05) is 19.0 Å². The summed E-state index contributed by atoms with van der Waals surface area (Å²) in [6, 6.07) is 11.0. The predicted molar refractivity (Wildman–Crippen MR) is 120 cm³/mol. The maximum absolute atomic E-state index is 13.3. The van der Waals surface area contributed by atoms with Crippen LogP contribution in [-0.2, 0) is 22.6 Å². The van der Waals surface area contributed by atoms with E-state index in [9.17, 15) is 14.0 Å². The SMILES string of the molecule is CC[C@H](C)NC(=O)[C@@H](C)N(Cc1ccc(F)cc1)C(=O)CCc1ccc2c(c1)OCCO2. The van der Waals surface area contributed by atoms with Crippen molar-refractivity contribution in [2.24, 2.45) is 0 Å². The Morgan fingerprint density at radius 2 is 1.69 bits per heavy atom. The molecule has 0 aromatic heterocycles. The molecule has 32 heavy (non-hydrogen) atoms. The highest BCUT2D eigenvalue weighted by molar-refractivity contribution is 5.87. The molecule has 0 spiro atoms. The standard InChI is InChI=1S/C25H31FN2O4/c1-4-17(2)27-25(30)18(3)28(16-20-5-9-21(26)10-6-20)24(29)12-8-19-7-11-22-23(15-19)32-14-13-31-22/h5-7,9-11,15,17-18H,4,8,12-14,16H2,1-3H3,(H,27,30)/t17-,18+/m0/s1. The number of fused-ring (bicyclic) bond motifs is 1. The van der Waals surface area contributed by atoms with Gasteiger partial charge in [-0.25, -0.2) is 4.39 Å². The van der Waals surface area contributed by atoms with Gasteiger partial charge in [-0.3, -0.25) is 9.59 Å². The number of amides is 2. The maximum atomic E-state index is 13.3. The number of benzene rings is 2. The third-order valence-corrected chi connectivity index (χ3v) is 5.67. The number of aryl methyl sites for hydroxylation is 1. The van der Waals surface area contributed by atoms with Crippen LogP contribution >= 0.6 is 0 Å². The van der Waals surface area contributed by atoms with Crippen molar-refractivity contribution in [3.8, 4) is 11.5 Å². The molecule has 2 aromatic rings. The molecule has 0 unspecified atom stereocenters. The van der Waals surface area contributed by atoms with E-state index in [-0.39, 0.29) is 36.6 Å². The highest BCUT2D eigenvalue weighted by Crippen LogP contribution is 2.31. The lowest BCUT2D eigenvalue weighted by Gasteiger charge is -2.30. The molecule has 7 heteroatoms. The molecule has 0 fully saturated rings. The number of rotatable bonds is 9. The minimum absolute atomic E-state index is 0.0189. The van der Waals surface area contributed by atoms with E-state index in [4.69, 9.17) is 9.47 Å². The molecule has 1 N–H and O–H groups in total. The summed E-state index contributed by atoms with van der Waals surface area (Å²) >= 11 is 0. The number of halogens is 1. The number of ether oxygens (including phenoxy) is 2. The Bertz CT molecular complexity index is 932. The number of carbonyl (C=O) groups is 2. The Labute approximate surface area is 188 Å². The minimum atomic E-state index is -0.651. The summed E-state index contributed by atoms with van der Waals surface area (Å²) in [6.07, 6.45) is 1.55. The smallest absolute Gasteiger partial charge is 0.242 e. The zero-order chi connectivity index (χ0) is 23.1. The van der Waals surface area contributed by atoms with E-state index in [0.717, 1.165) is 17.5 Å². The number of nitrogens with zero attached hydrogens (tertiary/aromatic N) is 1. The van der Waals surface area contributed by atoms with Crippen LogP contribution in [0.1, 0.15) is 44.7 Å². The van der Waals surface area contributed by atoms with Crippen molar-refractivity contribution in [3.63, 3.8) is 0 Å². The topological polar surface area (TPSA) is 67.9 Å². The molecule has 172 valence electrons. The largest absolute Gasteiger partial charge is 0.486 e. The van der Waals surface area contributed by atoms with Crippen LogP contribution in [0.25, 0.3) is 0 Å². The average Bonchev–Trinajstić information content (AvgIpc) is 2.81. The number of hydrogen-bond donors (Lipinski definition) is 1. The number of nitrogens with one attached hydrogen (secondary N) is 1. The van der Waals surface area contributed by atoms with E-state index in [1.54, 1.807) is 24.0 Å². The van der Waals surface area contributed by atoms with Crippen LogP contribution in [0.4, 0.5) is 4.39 Å². The van der Waals surface area contributed by atoms with Gasteiger partial charge >= 0.3 is 0 Å². The van der Waals surface area contributed by atoms with Crippen molar-refractivity contribution in [2.75, 3.05) is 13.2 Å². The van der Waals surface area contributed by atoms with E-state index in [1.807, 2.05) is 32.0 Å². The van der Waals surface area contributed by atoms with Crippen LogP contribution in [0.3, 0.4) is 0 Å². The van der Waals surface area contributed by atoms with Crippen LogP contribution in [0.2, 0.25) is 0 Å². The van der Waals surface area contributed by atoms with Gasteiger partial charge in [0.2, 0.25) is 11.8 Å². The zero-order valence-electron chi connectivity index (χ0n) is 18.9. The van der Waals surface area contributed by atoms with Crippen LogP contribution in [0.15, 0.2) is 42.5 Å². The molecule has 1 aliphatic rings. The number of carbonyl (C=O) groups excluding carboxylic acids is 2. The summed E-state index contributed by atoms with van der Waals surface area (Å²) in [6.45, 7) is 6.91. The molecule has 0 saturated heterocycles. The van der Waals surface area contributed by atoms with Gasteiger partial charge in [0.1, 0.15) is 25.1 Å². The third kappa shape index (κ3) is 6.22. The quantitative estimate of drug-likeness (QED) is 0.640. The monoisotopic (exact) mass is 442 g/mol. The van der Waals surface area contributed by atoms with Gasteiger partial charge in [0.15, 0.2) is 11.5 Å². The van der Waals surface area contributed by atoms with E-state index in [0.29, 0.717) is 31.1 Å². The summed E-state index contributed by atoms with van der Waals surface area (Å²) in [5.41, 5.74) is 1.73. The molecule has 6 nitrogen and oxygen atoms in total. The van der Waals surface area contributed by atoms with Crippen molar-refractivity contribution >= 4 is 11.8 Å². The maximum Gasteiger partial charge on any atom is 0.242 e. The fourth-order valence-electron chi connectivity index (χ4n) is 3.47. The Balaban J connectivity index is 1.71. The Morgan fingerprint density at radius 3 is 2.38 bits per heavy atom. The minimum Gasteiger partial charge on any atom is -0.486 e. The fraction of sp³-hybridized carbons (Fsp3) is 0.440. The van der Waals surface area contributed by atoms with Crippen LogP contribution < -0.4 is 14.8 Å². The lowest BCUT2D eigenvalue weighted by Crippen LogP contribution is -2.49. The highest BCUT2D eigenvalue weighted by atomic mass is 19.1. The summed E-state index contributed by atoms with van der Waals surface area (Å²) < 4.78 is 24.5. The molecule has 2 aromatic carbocycles. The van der Waals surface area contributed by atoms with E-state index >= 15 is 0 Å². The summed E-state index contributed by atoms with van der Waals surface area (Å²) in [5, 5.41) is 2.94. The Morgan fingerprint density at radius 1 is 1.03 bits per heavy atom. The molecular weight excluding hydrogens is 411 g/mol. The van der Waals surface area contributed by atoms with Crippen molar-refractivity contribution < 1.29 is 23.5 Å². The first kappa shape index (κ1) is 23.6. The first-order valence-electron chi connectivity index (χ1n) is 11.1. The van der Waals surface area contributed by atoms with Crippen molar-refractivity contribution in [2.45, 2.75) is 58.7 Å². The van der Waals surface area contributed by atoms with Crippen molar-refractivity contribution in [1.82, 2.24) is 10.2 Å². The first-order valence-corrected chi connectivity index (χ1v) is 11.1. The molecule has 1 aliphatic heterocycles. The highest BCUT2D eigenvalue weighted by Gasteiger charge is 2.26. The summed E-state index contributed by atoms with van der Waals surface area (Å²) in [5.74, 6) is 0.711. The molecule has 2 amide bonds. The van der Waals surface area contributed by atoms with Gasteiger partial charge in [-0.2, -0.15) is 0 Å². The molecular formula is C25H31FN2O4. The second-order valence-electron chi connectivity index (χ2n) is 8.12. The van der Waals surface area contributed by atoms with Crippen LogP contribution in [-0.4, -0.2) is 42.0 Å². The Kier molecular flexibility index (Phi) is 8.09. The van der Waals surface area contributed by atoms with Gasteiger partial charge in [-0.15, -0.1) is 0 Å². The fourth-order valence-corrected chi connectivity index (χ4v) is 3.47. The van der Waals surface area contributed by atoms with Gasteiger partial charge in [-0.1, -0.05) is 25.1 Å². The lowest BCUT2D eigenvalue weighted by molar-refractivity contribution is -0.140. The van der Waals surface area contributed by atoms with Gasteiger partial charge in [0.25, 0.3) is 0 Å². The van der Waals surface area contributed by atoms with Gasteiger partial charge < -0.3 is 19.7 Å². The molecule has 0 aliphatic carbocycles. The normalized spacial score (nSPS) is 14.4.